The molecule has 1 atom stereocenters. The summed E-state index contributed by atoms with van der Waals surface area (Å²) < 4.78 is 101. The molecule has 3 aromatic heterocycles. The van der Waals surface area contributed by atoms with E-state index in [2.05, 4.69) is 30.2 Å². The molecule has 0 spiro atoms. The number of hydrogen-bond donors (Lipinski definition) is 2. The summed E-state index contributed by atoms with van der Waals surface area (Å²) in [7, 11) is -3.23. The first-order valence-electron chi connectivity index (χ1n) is 22.4. The molecule has 71 heavy (non-hydrogen) atoms. The zero-order valence-electron chi connectivity index (χ0n) is 38.8. The van der Waals surface area contributed by atoms with Crippen molar-refractivity contribution >= 4 is 55.1 Å². The number of benzene rings is 3. The van der Waals surface area contributed by atoms with Gasteiger partial charge in [-0.15, -0.1) is 11.3 Å². The van der Waals surface area contributed by atoms with Crippen molar-refractivity contribution in [1.29, 1.82) is 0 Å². The quantitative estimate of drug-likeness (QED) is 0.0382. The second-order valence-corrected chi connectivity index (χ2v) is 19.8. The van der Waals surface area contributed by atoms with E-state index in [9.17, 15) is 40.7 Å². The van der Waals surface area contributed by atoms with Gasteiger partial charge < -0.3 is 29.4 Å². The molecule has 0 amide bonds. The summed E-state index contributed by atoms with van der Waals surface area (Å²) in [6, 6.07) is 15.6. The molecule has 6 aromatic rings. The minimum Gasteiger partial charge on any atom is -0.487 e. The van der Waals surface area contributed by atoms with E-state index in [-0.39, 0.29) is 49.4 Å². The van der Waals surface area contributed by atoms with Crippen molar-refractivity contribution in [2.75, 3.05) is 58.7 Å². The molecular formula is C48H50ClF4N7O9S2. The molecule has 1 aliphatic rings. The van der Waals surface area contributed by atoms with Crippen molar-refractivity contribution in [3.05, 3.63) is 112 Å². The molecule has 0 aliphatic carbocycles. The Morgan fingerprint density at radius 2 is 1.75 bits per heavy atom. The highest BCUT2D eigenvalue weighted by atomic mass is 35.5. The van der Waals surface area contributed by atoms with Crippen molar-refractivity contribution in [2.45, 2.75) is 58.5 Å². The lowest BCUT2D eigenvalue weighted by Crippen LogP contribution is -2.49. The lowest BCUT2D eigenvalue weighted by Gasteiger charge is -2.33. The Kier molecular flexibility index (Phi) is 17.4. The number of ether oxygens (including phenoxy) is 4. The van der Waals surface area contributed by atoms with Gasteiger partial charge in [-0.1, -0.05) is 48.0 Å². The van der Waals surface area contributed by atoms with Crippen LogP contribution in [0.1, 0.15) is 41.3 Å². The topological polar surface area (TPSA) is 196 Å². The van der Waals surface area contributed by atoms with Crippen LogP contribution in [0.25, 0.3) is 31.8 Å². The Morgan fingerprint density at radius 1 is 0.986 bits per heavy atom. The number of nitrogens with zero attached hydrogens (tertiary/aromatic N) is 6. The number of aromatic nitrogens is 4. The fraction of sp³-hybridized carbons (Fsp3) is 0.375. The smallest absolute Gasteiger partial charge is 0.392 e. The summed E-state index contributed by atoms with van der Waals surface area (Å²) in [6.07, 6.45) is -3.78. The number of fused-ring (bicyclic) bond motifs is 1. The number of carboxylic acid groups (broad SMARTS) is 1. The maximum Gasteiger partial charge on any atom is 0.392 e. The van der Waals surface area contributed by atoms with Gasteiger partial charge in [-0.05, 0) is 71.5 Å². The van der Waals surface area contributed by atoms with Gasteiger partial charge in [-0.3, -0.25) is 9.69 Å². The van der Waals surface area contributed by atoms with Crippen LogP contribution in [0.15, 0.2) is 73.2 Å². The molecule has 23 heteroatoms. The number of nitrogens with one attached hydrogen (secondary N) is 1. The fourth-order valence-electron chi connectivity index (χ4n) is 7.85. The summed E-state index contributed by atoms with van der Waals surface area (Å²) in [6.45, 7) is 6.52. The van der Waals surface area contributed by atoms with E-state index in [0.29, 0.717) is 99.3 Å². The van der Waals surface area contributed by atoms with Crippen LogP contribution in [-0.4, -0.2) is 126 Å². The molecule has 378 valence electrons. The van der Waals surface area contributed by atoms with Crippen LogP contribution in [0, 0.1) is 12.7 Å². The van der Waals surface area contributed by atoms with E-state index >= 15 is 0 Å². The normalized spacial score (nSPS) is 14.1. The summed E-state index contributed by atoms with van der Waals surface area (Å²) in [4.78, 5) is 46.3. The standard InChI is InChI=1S/C48H50ClF4N7O9S2/c1-4-66-46(63)38(25-33-23-30(24-39(61)62)5-12-37(33)68-27-35-13-15-55-47(58-35)67-22-14-48(51,52)53)69-44-41-40(43(70-45(41)57-28-56-44)31-6-9-34(50)10-7-31)36-11-8-32(42(49)29(36)2)26-54-16-17-59-18-20-60(21-19-59)71(3,64)65/h5-13,15,23,28,38,54H,4,14,16-22,24-27H2,1-3H3,(H,61,62)/t38-/m0/s1. The number of halogens is 5. The highest BCUT2D eigenvalue weighted by Gasteiger charge is 2.31. The van der Waals surface area contributed by atoms with E-state index in [1.165, 1.54) is 58.7 Å². The van der Waals surface area contributed by atoms with Gasteiger partial charge in [-0.2, -0.15) is 22.5 Å². The highest BCUT2D eigenvalue weighted by molar-refractivity contribution is 7.88. The van der Waals surface area contributed by atoms with Crippen molar-refractivity contribution < 1.29 is 59.6 Å². The molecule has 1 aliphatic heterocycles. The van der Waals surface area contributed by atoms with Gasteiger partial charge >= 0.3 is 24.1 Å². The van der Waals surface area contributed by atoms with Crippen LogP contribution < -0.4 is 19.5 Å². The third-order valence-electron chi connectivity index (χ3n) is 11.4. The van der Waals surface area contributed by atoms with Gasteiger partial charge in [0.1, 0.15) is 35.9 Å². The number of alkyl halides is 3. The number of sulfonamides is 1. The molecule has 0 unspecified atom stereocenters. The summed E-state index contributed by atoms with van der Waals surface area (Å²) in [5, 5.41) is 14.0. The van der Waals surface area contributed by atoms with Crippen molar-refractivity contribution in [3.63, 3.8) is 0 Å². The molecule has 1 fully saturated rings. The number of carbonyl (C=O) groups is 2. The average molecular weight is 1040 g/mol. The SMILES string of the molecule is CCOC(=O)[C@H](Cc1cc(CC(=O)O)ccc1OCc1ccnc(OCCC(F)(F)F)n1)Oc1ncnc2sc(-c3ccc(F)cc3)c(-c3ccc(CNCCN4CCN(S(C)(=O)=O)CC4)c(Cl)c3C)c12. The van der Waals surface area contributed by atoms with Crippen LogP contribution in [-0.2, 0) is 50.3 Å². The first-order chi connectivity index (χ1) is 33.9. The number of carbonyl (C=O) groups excluding carboxylic acids is 1. The van der Waals surface area contributed by atoms with Crippen LogP contribution in [0.2, 0.25) is 5.02 Å². The van der Waals surface area contributed by atoms with Gasteiger partial charge in [0.2, 0.25) is 22.0 Å². The van der Waals surface area contributed by atoms with Crippen LogP contribution in [0.5, 0.6) is 17.6 Å². The van der Waals surface area contributed by atoms with Gasteiger partial charge in [0.15, 0.2) is 0 Å². The largest absolute Gasteiger partial charge is 0.487 e. The zero-order valence-corrected chi connectivity index (χ0v) is 41.2. The number of hydrogen-bond acceptors (Lipinski definition) is 15. The van der Waals surface area contributed by atoms with Gasteiger partial charge in [-0.25, -0.2) is 32.6 Å². The number of piperazine rings is 1. The maximum atomic E-state index is 14.3. The van der Waals surface area contributed by atoms with E-state index in [4.69, 9.17) is 30.5 Å². The summed E-state index contributed by atoms with van der Waals surface area (Å²) in [5.41, 5.74) is 4.49. The number of rotatable bonds is 22. The second kappa shape index (κ2) is 23.5. The number of thiophene rings is 1. The predicted octanol–water partition coefficient (Wildman–Crippen LogP) is 7.67. The Bertz CT molecular complexity index is 2960. The Labute approximate surface area is 416 Å². The lowest BCUT2D eigenvalue weighted by molar-refractivity contribution is -0.151. The predicted molar refractivity (Wildman–Crippen MR) is 258 cm³/mol. The van der Waals surface area contributed by atoms with Crippen molar-refractivity contribution in [2.24, 2.45) is 0 Å². The molecule has 4 heterocycles. The van der Waals surface area contributed by atoms with E-state index in [0.717, 1.165) is 5.56 Å². The van der Waals surface area contributed by atoms with E-state index < -0.39 is 53.1 Å². The van der Waals surface area contributed by atoms with Crippen LogP contribution in [0.3, 0.4) is 0 Å². The average Bonchev–Trinajstić information content (AvgIpc) is 3.71. The minimum atomic E-state index is -4.43. The Hall–Kier alpha value is -6.04. The number of aliphatic carboxylic acids is 1. The fourth-order valence-corrected chi connectivity index (χ4v) is 10.1. The lowest BCUT2D eigenvalue weighted by atomic mass is 9.94. The van der Waals surface area contributed by atoms with Gasteiger partial charge in [0, 0.05) is 73.9 Å². The van der Waals surface area contributed by atoms with Crippen molar-refractivity contribution in [3.8, 4) is 39.2 Å². The van der Waals surface area contributed by atoms with E-state index in [1.54, 1.807) is 31.2 Å². The molecule has 2 N–H and O–H groups in total. The number of esters is 1. The van der Waals surface area contributed by atoms with E-state index in [1.807, 2.05) is 19.1 Å². The third-order valence-corrected chi connectivity index (χ3v) is 14.4. The molecule has 3 aromatic carbocycles. The Balaban J connectivity index is 1.19. The second-order valence-electron chi connectivity index (χ2n) is 16.5. The first-order valence-corrected chi connectivity index (χ1v) is 25.4. The molecule has 0 bridgehead atoms. The molecule has 0 saturated carbocycles. The molecule has 0 radical (unpaired) electrons. The maximum absolute atomic E-state index is 14.3. The van der Waals surface area contributed by atoms with Gasteiger partial charge in [0.05, 0.1) is 36.8 Å². The van der Waals surface area contributed by atoms with Crippen molar-refractivity contribution in [1.82, 2.24) is 34.5 Å². The highest BCUT2D eigenvalue weighted by Crippen LogP contribution is 2.49. The Morgan fingerprint density at radius 3 is 2.45 bits per heavy atom. The summed E-state index contributed by atoms with van der Waals surface area (Å²) in [5.74, 6) is -2.09. The summed E-state index contributed by atoms with van der Waals surface area (Å²) >= 11 is 8.45. The first kappa shape index (κ1) is 52.8. The molecular weight excluding hydrogens is 994 g/mol. The zero-order chi connectivity index (χ0) is 50.9. The molecule has 1 saturated heterocycles. The minimum absolute atomic E-state index is 0.00879. The van der Waals surface area contributed by atoms with Gasteiger partial charge in [0.25, 0.3) is 0 Å². The van der Waals surface area contributed by atoms with Crippen LogP contribution in [0.4, 0.5) is 17.6 Å². The molecule has 7 rings (SSSR count). The monoisotopic (exact) mass is 1040 g/mol. The number of carboxylic acids is 1. The molecule has 16 nitrogen and oxygen atoms in total. The van der Waals surface area contributed by atoms with Crippen LogP contribution >= 0.6 is 22.9 Å². The third kappa shape index (κ3) is 14.1.